The van der Waals surface area contributed by atoms with Crippen LogP contribution in [0.25, 0.3) is 0 Å². The Bertz CT molecular complexity index is 595. The summed E-state index contributed by atoms with van der Waals surface area (Å²) in [5, 5.41) is 12.5. The highest BCUT2D eigenvalue weighted by Crippen LogP contribution is 2.11. The minimum absolute atomic E-state index is 0.163. The number of nitrogens with one attached hydrogen (secondary N) is 1. The van der Waals surface area contributed by atoms with Gasteiger partial charge >= 0.3 is 0 Å². The van der Waals surface area contributed by atoms with Crippen molar-refractivity contribution in [3.63, 3.8) is 0 Å². The number of aryl methyl sites for hydroxylation is 2. The fourth-order valence-corrected chi connectivity index (χ4v) is 2.22. The maximum absolute atomic E-state index is 11.0. The largest absolute Gasteiger partial charge is 0.381 e. The molecule has 25 heavy (non-hydrogen) atoms. The number of hydroxylamine groups is 1. The average molecular weight is 347 g/mol. The smallest absolute Gasteiger partial charge is 0.245 e. The molecule has 1 aromatic heterocycles. The van der Waals surface area contributed by atoms with Crippen LogP contribution in [-0.2, 0) is 16.0 Å². The summed E-state index contributed by atoms with van der Waals surface area (Å²) in [4.78, 5) is 11.0. The summed E-state index contributed by atoms with van der Waals surface area (Å²) in [6.45, 7) is 6.26. The Morgan fingerprint density at radius 1 is 1.32 bits per heavy atom. The van der Waals surface area contributed by atoms with Crippen molar-refractivity contribution in [2.45, 2.75) is 52.2 Å². The van der Waals surface area contributed by atoms with Crippen LogP contribution in [0, 0.1) is 6.92 Å². The maximum atomic E-state index is 11.0. The lowest BCUT2D eigenvalue weighted by atomic mass is 10.0. The molecule has 0 spiro atoms. The molecule has 2 N–H and O–H groups in total. The van der Waals surface area contributed by atoms with E-state index in [1.54, 1.807) is 18.8 Å². The number of benzene rings is 1. The number of aromatic nitrogens is 2. The lowest BCUT2D eigenvalue weighted by molar-refractivity contribution is -0.131. The topological polar surface area (TPSA) is 76.4 Å². The van der Waals surface area contributed by atoms with Gasteiger partial charge in [-0.25, -0.2) is 5.48 Å². The van der Waals surface area contributed by atoms with E-state index in [0.717, 1.165) is 12.8 Å². The third-order valence-electron chi connectivity index (χ3n) is 3.80. The van der Waals surface area contributed by atoms with E-state index in [2.05, 4.69) is 43.2 Å². The highest BCUT2D eigenvalue weighted by Gasteiger charge is 2.12. The number of amides is 1. The first-order chi connectivity index (χ1) is 12.0. The number of nitrogens with zero attached hydrogens (tertiary/aromatic N) is 2. The number of rotatable bonds is 7. The summed E-state index contributed by atoms with van der Waals surface area (Å²) < 4.78 is 7.11. The van der Waals surface area contributed by atoms with E-state index >= 15 is 0 Å². The second kappa shape index (κ2) is 11.4. The SMILES string of the molecule is CC(C)n1cccn1.COC(CCc1ccc(C)cc1)CC(=O)NO. The third kappa shape index (κ3) is 8.47. The van der Waals surface area contributed by atoms with E-state index in [-0.39, 0.29) is 12.5 Å². The molecule has 1 unspecified atom stereocenters. The van der Waals surface area contributed by atoms with Crippen LogP contribution in [0.1, 0.15) is 43.9 Å². The highest BCUT2D eigenvalue weighted by atomic mass is 16.5. The molecule has 1 amide bonds. The van der Waals surface area contributed by atoms with Crippen LogP contribution in [0.15, 0.2) is 42.7 Å². The molecule has 6 nitrogen and oxygen atoms in total. The van der Waals surface area contributed by atoms with Gasteiger partial charge in [0.2, 0.25) is 5.91 Å². The van der Waals surface area contributed by atoms with Crippen molar-refractivity contribution in [3.05, 3.63) is 53.9 Å². The van der Waals surface area contributed by atoms with E-state index in [0.29, 0.717) is 6.04 Å². The number of carbonyl (C=O) groups excluding carboxylic acids is 1. The van der Waals surface area contributed by atoms with Gasteiger partial charge in [-0.05, 0) is 45.2 Å². The van der Waals surface area contributed by atoms with Crippen LogP contribution in [0.3, 0.4) is 0 Å². The zero-order valence-electron chi connectivity index (χ0n) is 15.5. The second-order valence-corrected chi connectivity index (χ2v) is 6.20. The monoisotopic (exact) mass is 347 g/mol. The Labute approximate surface area is 149 Å². The van der Waals surface area contributed by atoms with E-state index in [1.165, 1.54) is 11.1 Å². The fraction of sp³-hybridized carbons (Fsp3) is 0.474. The summed E-state index contributed by atoms with van der Waals surface area (Å²) >= 11 is 0. The van der Waals surface area contributed by atoms with Gasteiger partial charge in [-0.3, -0.25) is 14.7 Å². The molecule has 0 fully saturated rings. The minimum atomic E-state index is -0.416. The molecule has 0 aliphatic heterocycles. The molecule has 138 valence electrons. The summed E-state index contributed by atoms with van der Waals surface area (Å²) in [7, 11) is 1.57. The van der Waals surface area contributed by atoms with E-state index in [9.17, 15) is 4.79 Å². The van der Waals surface area contributed by atoms with E-state index < -0.39 is 5.91 Å². The summed E-state index contributed by atoms with van der Waals surface area (Å²) in [5.41, 5.74) is 4.07. The molecule has 2 rings (SSSR count). The Balaban J connectivity index is 0.000000324. The molecule has 1 atom stereocenters. The molecule has 0 saturated heterocycles. The number of methoxy groups -OCH3 is 1. The summed E-state index contributed by atoms with van der Waals surface area (Å²) in [6.07, 6.45) is 5.39. The van der Waals surface area contributed by atoms with Crippen LogP contribution in [0.5, 0.6) is 0 Å². The molecule has 0 aliphatic carbocycles. The molecule has 2 aromatic rings. The quantitative estimate of drug-likeness (QED) is 0.595. The van der Waals surface area contributed by atoms with Crippen LogP contribution in [-0.4, -0.2) is 34.1 Å². The molecule has 0 aliphatic rings. The molecule has 1 heterocycles. The molecular weight excluding hydrogens is 318 g/mol. The molecule has 0 radical (unpaired) electrons. The normalized spacial score (nSPS) is 11.6. The zero-order valence-corrected chi connectivity index (χ0v) is 15.5. The highest BCUT2D eigenvalue weighted by molar-refractivity contribution is 5.75. The third-order valence-corrected chi connectivity index (χ3v) is 3.80. The predicted octanol–water partition coefficient (Wildman–Crippen LogP) is 3.30. The van der Waals surface area contributed by atoms with Crippen molar-refractivity contribution >= 4 is 5.91 Å². The predicted molar refractivity (Wildman–Crippen MR) is 97.5 cm³/mol. The van der Waals surface area contributed by atoms with Gasteiger partial charge in [0.05, 0.1) is 12.5 Å². The first-order valence-corrected chi connectivity index (χ1v) is 8.46. The minimum Gasteiger partial charge on any atom is -0.381 e. The van der Waals surface area contributed by atoms with E-state index in [1.807, 2.05) is 23.9 Å². The lowest BCUT2D eigenvalue weighted by Crippen LogP contribution is -2.25. The van der Waals surface area contributed by atoms with Crippen molar-refractivity contribution in [1.29, 1.82) is 0 Å². The molecule has 6 heteroatoms. The number of hydrogen-bond acceptors (Lipinski definition) is 4. The van der Waals surface area contributed by atoms with Crippen molar-refractivity contribution in [2.75, 3.05) is 7.11 Å². The van der Waals surface area contributed by atoms with Gasteiger partial charge in [-0.15, -0.1) is 0 Å². The standard InChI is InChI=1S/C13H19NO3.C6H10N2/c1-10-3-5-11(6-4-10)7-8-12(17-2)9-13(15)14-16;1-6(2)8-5-3-4-7-8/h3-6,12,16H,7-9H2,1-2H3,(H,14,15);3-6H,1-2H3. The molecular formula is C19H29N3O3. The van der Waals surface area contributed by atoms with Gasteiger partial charge in [0.1, 0.15) is 0 Å². The van der Waals surface area contributed by atoms with Crippen molar-refractivity contribution < 1.29 is 14.7 Å². The second-order valence-electron chi connectivity index (χ2n) is 6.20. The van der Waals surface area contributed by atoms with Crippen molar-refractivity contribution in [2.24, 2.45) is 0 Å². The molecule has 1 aromatic carbocycles. The first kappa shape index (κ1) is 20.9. The van der Waals surface area contributed by atoms with Gasteiger partial charge in [-0.1, -0.05) is 29.8 Å². The van der Waals surface area contributed by atoms with Crippen LogP contribution in [0.4, 0.5) is 0 Å². The van der Waals surface area contributed by atoms with Crippen LogP contribution < -0.4 is 5.48 Å². The zero-order chi connectivity index (χ0) is 18.7. The number of ether oxygens (including phenoxy) is 1. The Kier molecular flexibility index (Phi) is 9.50. The number of hydrogen-bond donors (Lipinski definition) is 2. The summed E-state index contributed by atoms with van der Waals surface area (Å²) in [6, 6.07) is 10.7. The fourth-order valence-electron chi connectivity index (χ4n) is 2.22. The molecule has 0 saturated carbocycles. The maximum Gasteiger partial charge on any atom is 0.245 e. The van der Waals surface area contributed by atoms with Crippen molar-refractivity contribution in [1.82, 2.24) is 15.3 Å². The van der Waals surface area contributed by atoms with Gasteiger partial charge in [0.25, 0.3) is 0 Å². The number of carbonyl (C=O) groups is 1. The lowest BCUT2D eigenvalue weighted by Gasteiger charge is -2.13. The first-order valence-electron chi connectivity index (χ1n) is 8.46. The summed E-state index contributed by atoms with van der Waals surface area (Å²) in [5.74, 6) is -0.416. The Morgan fingerprint density at radius 3 is 2.44 bits per heavy atom. The van der Waals surface area contributed by atoms with Gasteiger partial charge in [0, 0.05) is 25.5 Å². The van der Waals surface area contributed by atoms with Gasteiger partial charge < -0.3 is 4.74 Å². The Hall–Kier alpha value is -2.18. The average Bonchev–Trinajstić information content (AvgIpc) is 3.15. The molecule has 0 bridgehead atoms. The van der Waals surface area contributed by atoms with Crippen LogP contribution >= 0.6 is 0 Å². The van der Waals surface area contributed by atoms with Gasteiger partial charge in [0.15, 0.2) is 0 Å². The van der Waals surface area contributed by atoms with Crippen LogP contribution in [0.2, 0.25) is 0 Å². The van der Waals surface area contributed by atoms with E-state index in [4.69, 9.17) is 9.94 Å². The van der Waals surface area contributed by atoms with Gasteiger partial charge in [-0.2, -0.15) is 5.10 Å². The van der Waals surface area contributed by atoms with Crippen molar-refractivity contribution in [3.8, 4) is 0 Å². The Morgan fingerprint density at radius 2 is 2.00 bits per heavy atom.